The number of aliphatic hydroxyl groups excluding tert-OH is 1. The van der Waals surface area contributed by atoms with Crippen molar-refractivity contribution in [3.8, 4) is 17.0 Å². The van der Waals surface area contributed by atoms with E-state index in [2.05, 4.69) is 29.4 Å². The monoisotopic (exact) mass is 410 g/mol. The fourth-order valence-corrected chi connectivity index (χ4v) is 4.19. The van der Waals surface area contributed by atoms with Crippen molar-refractivity contribution in [1.29, 1.82) is 0 Å². The van der Waals surface area contributed by atoms with Crippen LogP contribution in [0.4, 0.5) is 5.82 Å². The third kappa shape index (κ3) is 5.29. The molecule has 6 nitrogen and oxygen atoms in total. The fraction of sp³-hybridized carbons (Fsp3) is 0.583. The largest absolute Gasteiger partial charge is 0.491 e. The van der Waals surface area contributed by atoms with Gasteiger partial charge in [0.1, 0.15) is 30.1 Å². The van der Waals surface area contributed by atoms with Crippen LogP contribution in [-0.4, -0.2) is 54.5 Å². The highest BCUT2D eigenvalue weighted by atomic mass is 16.5. The number of ether oxygens (including phenoxy) is 1. The van der Waals surface area contributed by atoms with Crippen molar-refractivity contribution in [3.63, 3.8) is 0 Å². The van der Waals surface area contributed by atoms with Gasteiger partial charge in [-0.25, -0.2) is 9.97 Å². The number of aromatic nitrogens is 2. The van der Waals surface area contributed by atoms with Crippen LogP contribution < -0.4 is 15.0 Å². The molecule has 1 heterocycles. The van der Waals surface area contributed by atoms with Gasteiger partial charge in [0, 0.05) is 37.2 Å². The lowest BCUT2D eigenvalue weighted by molar-refractivity contribution is 0.108. The minimum absolute atomic E-state index is 0.261. The van der Waals surface area contributed by atoms with E-state index in [0.29, 0.717) is 18.5 Å². The third-order valence-corrected chi connectivity index (χ3v) is 6.17. The summed E-state index contributed by atoms with van der Waals surface area (Å²) in [6.45, 7) is 0.768. The summed E-state index contributed by atoms with van der Waals surface area (Å²) in [6.07, 6.45) is 8.28. The van der Waals surface area contributed by atoms with Gasteiger partial charge < -0.3 is 20.1 Å². The van der Waals surface area contributed by atoms with Crippen molar-refractivity contribution in [2.75, 3.05) is 32.1 Å². The van der Waals surface area contributed by atoms with Crippen molar-refractivity contribution in [3.05, 3.63) is 36.2 Å². The molecular formula is C24H34N4O2. The van der Waals surface area contributed by atoms with Crippen molar-refractivity contribution in [2.45, 2.75) is 63.0 Å². The summed E-state index contributed by atoms with van der Waals surface area (Å²) in [5, 5.41) is 12.9. The molecule has 1 aromatic heterocycles. The Morgan fingerprint density at radius 3 is 2.67 bits per heavy atom. The van der Waals surface area contributed by atoms with E-state index in [9.17, 15) is 5.11 Å². The van der Waals surface area contributed by atoms with Crippen LogP contribution in [-0.2, 0) is 0 Å². The molecule has 2 aliphatic rings. The molecule has 0 radical (unpaired) electrons. The molecule has 1 atom stereocenters. The van der Waals surface area contributed by atoms with E-state index in [1.165, 1.54) is 44.9 Å². The van der Waals surface area contributed by atoms with Gasteiger partial charge in [0.2, 0.25) is 0 Å². The van der Waals surface area contributed by atoms with Gasteiger partial charge in [0.25, 0.3) is 0 Å². The minimum atomic E-state index is -0.532. The van der Waals surface area contributed by atoms with Crippen LogP contribution in [0.3, 0.4) is 0 Å². The summed E-state index contributed by atoms with van der Waals surface area (Å²) in [4.78, 5) is 12.2. The van der Waals surface area contributed by atoms with E-state index in [4.69, 9.17) is 14.7 Å². The maximum Gasteiger partial charge on any atom is 0.134 e. The highest BCUT2D eigenvalue weighted by molar-refractivity contribution is 5.65. The highest BCUT2D eigenvalue weighted by Gasteiger charge is 2.29. The Kier molecular flexibility index (Phi) is 6.85. The average Bonchev–Trinajstić information content (AvgIpc) is 3.63. The summed E-state index contributed by atoms with van der Waals surface area (Å²) in [6, 6.07) is 10.7. The number of rotatable bonds is 9. The lowest BCUT2D eigenvalue weighted by atomic mass is 9.94. The predicted octanol–water partition coefficient (Wildman–Crippen LogP) is 3.75. The zero-order valence-corrected chi connectivity index (χ0v) is 18.2. The number of benzene rings is 1. The van der Waals surface area contributed by atoms with Crippen LogP contribution >= 0.6 is 0 Å². The van der Waals surface area contributed by atoms with Gasteiger partial charge in [-0.3, -0.25) is 0 Å². The topological polar surface area (TPSA) is 70.5 Å². The normalized spacial score (nSPS) is 18.2. The summed E-state index contributed by atoms with van der Waals surface area (Å²) >= 11 is 0. The Morgan fingerprint density at radius 2 is 1.93 bits per heavy atom. The Morgan fingerprint density at radius 1 is 1.13 bits per heavy atom. The fourth-order valence-electron chi connectivity index (χ4n) is 4.19. The van der Waals surface area contributed by atoms with Crippen LogP contribution in [0.2, 0.25) is 0 Å². The van der Waals surface area contributed by atoms with Crippen LogP contribution in [0.1, 0.15) is 56.7 Å². The second kappa shape index (κ2) is 9.75. The molecule has 0 saturated heterocycles. The quantitative estimate of drug-likeness (QED) is 0.656. The molecule has 0 bridgehead atoms. The van der Waals surface area contributed by atoms with E-state index in [1.54, 1.807) is 0 Å². The maximum absolute atomic E-state index is 9.91. The first kappa shape index (κ1) is 21.1. The molecular weight excluding hydrogens is 376 g/mol. The molecule has 2 saturated carbocycles. The number of hydrogen-bond acceptors (Lipinski definition) is 6. The van der Waals surface area contributed by atoms with Crippen LogP contribution in [0.15, 0.2) is 30.3 Å². The van der Waals surface area contributed by atoms with Crippen molar-refractivity contribution < 1.29 is 9.84 Å². The second-order valence-electron chi connectivity index (χ2n) is 8.70. The summed E-state index contributed by atoms with van der Waals surface area (Å²) in [5.41, 5.74) is 1.98. The first-order valence-electron chi connectivity index (χ1n) is 11.3. The Bertz CT molecular complexity index is 834. The Hall–Kier alpha value is -2.18. The summed E-state index contributed by atoms with van der Waals surface area (Å²) < 4.78 is 5.80. The number of anilines is 1. The van der Waals surface area contributed by atoms with E-state index in [0.717, 1.165) is 28.6 Å². The van der Waals surface area contributed by atoms with Gasteiger partial charge in [-0.05, 0) is 44.9 Å². The van der Waals surface area contributed by atoms with Gasteiger partial charge in [-0.1, -0.05) is 31.4 Å². The summed E-state index contributed by atoms with van der Waals surface area (Å²) in [5.74, 6) is 3.25. The number of hydrogen-bond donors (Lipinski definition) is 2. The molecule has 0 spiro atoms. The van der Waals surface area contributed by atoms with E-state index in [1.807, 2.05) is 25.2 Å². The lowest BCUT2D eigenvalue weighted by Crippen LogP contribution is -2.34. The highest BCUT2D eigenvalue weighted by Crippen LogP contribution is 2.40. The molecule has 2 aliphatic carbocycles. The predicted molar refractivity (Wildman–Crippen MR) is 120 cm³/mol. The molecule has 1 unspecified atom stereocenters. The second-order valence-corrected chi connectivity index (χ2v) is 8.70. The maximum atomic E-state index is 9.91. The third-order valence-electron chi connectivity index (χ3n) is 6.17. The molecule has 1 aromatic carbocycles. The molecule has 0 amide bonds. The molecule has 6 heteroatoms. The van der Waals surface area contributed by atoms with Crippen molar-refractivity contribution >= 4 is 5.82 Å². The molecule has 2 N–H and O–H groups in total. The Labute approximate surface area is 179 Å². The van der Waals surface area contributed by atoms with Crippen LogP contribution in [0.25, 0.3) is 11.3 Å². The first-order valence-corrected chi connectivity index (χ1v) is 11.3. The molecule has 30 heavy (non-hydrogen) atoms. The van der Waals surface area contributed by atoms with Gasteiger partial charge in [-0.2, -0.15) is 0 Å². The molecule has 2 aromatic rings. The number of likely N-dealkylation sites (N-methyl/N-ethyl adjacent to an activating group) is 1. The van der Waals surface area contributed by atoms with Gasteiger partial charge in [-0.15, -0.1) is 0 Å². The molecule has 2 fully saturated rings. The van der Waals surface area contributed by atoms with Crippen LogP contribution in [0.5, 0.6) is 5.75 Å². The molecule has 162 valence electrons. The van der Waals surface area contributed by atoms with Crippen molar-refractivity contribution in [1.82, 2.24) is 15.3 Å². The van der Waals surface area contributed by atoms with Gasteiger partial charge in [0.05, 0.1) is 5.69 Å². The molecule has 4 rings (SSSR count). The average molecular weight is 411 g/mol. The standard InChI is InChI=1S/C24H34N4O2/c1-25-15-20(29)16-30-21-10-6-7-18(13-21)22-14-23(27-24(26-22)17-11-12-17)28(2)19-8-4-3-5-9-19/h6-7,10,13-14,17,19-20,25,29H,3-5,8-9,11-12,15-16H2,1-2H3. The number of aliphatic hydroxyl groups is 1. The van der Waals surface area contributed by atoms with Crippen LogP contribution in [0, 0.1) is 0 Å². The Balaban J connectivity index is 1.57. The van der Waals surface area contributed by atoms with E-state index in [-0.39, 0.29) is 6.61 Å². The smallest absolute Gasteiger partial charge is 0.134 e. The molecule has 0 aliphatic heterocycles. The number of nitrogens with one attached hydrogen (secondary N) is 1. The van der Waals surface area contributed by atoms with Gasteiger partial charge >= 0.3 is 0 Å². The van der Waals surface area contributed by atoms with E-state index >= 15 is 0 Å². The van der Waals surface area contributed by atoms with Gasteiger partial charge in [0.15, 0.2) is 0 Å². The zero-order valence-electron chi connectivity index (χ0n) is 18.2. The summed E-state index contributed by atoms with van der Waals surface area (Å²) in [7, 11) is 4.00. The SMILES string of the molecule is CNCC(O)COc1cccc(-c2cc(N(C)C3CCCCC3)nc(C3CC3)n2)c1. The van der Waals surface area contributed by atoms with Crippen molar-refractivity contribution in [2.24, 2.45) is 0 Å². The lowest BCUT2D eigenvalue weighted by Gasteiger charge is -2.32. The number of nitrogens with zero attached hydrogens (tertiary/aromatic N) is 3. The minimum Gasteiger partial charge on any atom is -0.491 e. The zero-order chi connectivity index (χ0) is 20.9. The van der Waals surface area contributed by atoms with E-state index < -0.39 is 6.10 Å². The first-order chi connectivity index (χ1) is 14.6.